The largest absolute Gasteiger partial charge is 0.480 e. The molecule has 1 unspecified atom stereocenters. The summed E-state index contributed by atoms with van der Waals surface area (Å²) in [5.74, 6) is -0.853. The van der Waals surface area contributed by atoms with E-state index in [4.69, 9.17) is 5.11 Å². The van der Waals surface area contributed by atoms with Gasteiger partial charge in [0, 0.05) is 0 Å². The topological polar surface area (TPSA) is 98.0 Å². The lowest BCUT2D eigenvalue weighted by Crippen LogP contribution is -2.34. The number of aliphatic carboxylic acids is 1. The summed E-state index contributed by atoms with van der Waals surface area (Å²) in [5, 5.41) is 11.7. The highest BCUT2D eigenvalue weighted by Gasteiger charge is 2.14. The minimum atomic E-state index is -0.853. The number of aryl methyl sites for hydroxylation is 1. The average Bonchev–Trinajstić information content (AvgIpc) is 2.68. The Morgan fingerprint density at radius 3 is 2.78 bits per heavy atom. The van der Waals surface area contributed by atoms with Gasteiger partial charge in [0.1, 0.15) is 6.04 Å². The molecule has 1 heterocycles. The van der Waals surface area contributed by atoms with Crippen molar-refractivity contribution in [2.75, 3.05) is 7.05 Å². The van der Waals surface area contributed by atoms with Crippen molar-refractivity contribution in [3.63, 3.8) is 0 Å². The van der Waals surface area contributed by atoms with E-state index < -0.39 is 12.0 Å². The summed E-state index contributed by atoms with van der Waals surface area (Å²) in [5.41, 5.74) is 2.26. The summed E-state index contributed by atoms with van der Waals surface area (Å²) in [6.07, 6.45) is 1.15. The van der Waals surface area contributed by atoms with Crippen LogP contribution in [0.25, 0.3) is 11.0 Å². The monoisotopic (exact) mass is 249 g/mol. The standard InChI is InChI=1S/C12H15N3O3/c1-13-9(11(16)17)5-3-7-2-4-8-10(6-7)15-12(18)14-8/h2,4,6,9,13H,3,5H2,1H3,(H,16,17)(H2,14,15,18). The molecule has 18 heavy (non-hydrogen) atoms. The van der Waals surface area contributed by atoms with Crippen LogP contribution in [-0.2, 0) is 11.2 Å². The van der Waals surface area contributed by atoms with E-state index in [0.717, 1.165) is 16.6 Å². The molecule has 0 spiro atoms. The predicted octanol–water partition coefficient (Wildman–Crippen LogP) is 0.461. The van der Waals surface area contributed by atoms with E-state index in [1.807, 2.05) is 18.2 Å². The molecule has 2 aromatic rings. The van der Waals surface area contributed by atoms with Crippen molar-refractivity contribution in [1.29, 1.82) is 0 Å². The van der Waals surface area contributed by atoms with Crippen molar-refractivity contribution in [1.82, 2.24) is 15.3 Å². The third kappa shape index (κ3) is 2.60. The molecule has 6 nitrogen and oxygen atoms in total. The molecule has 0 amide bonds. The van der Waals surface area contributed by atoms with E-state index in [1.165, 1.54) is 0 Å². The maximum Gasteiger partial charge on any atom is 0.323 e. The number of H-pyrrole nitrogens is 2. The van der Waals surface area contributed by atoms with E-state index in [0.29, 0.717) is 12.8 Å². The lowest BCUT2D eigenvalue weighted by Gasteiger charge is -2.10. The number of imidazole rings is 1. The number of carboxylic acids is 1. The van der Waals surface area contributed by atoms with Gasteiger partial charge in [-0.3, -0.25) is 4.79 Å². The van der Waals surface area contributed by atoms with Gasteiger partial charge in [-0.15, -0.1) is 0 Å². The molecule has 2 rings (SSSR count). The average molecular weight is 249 g/mol. The van der Waals surface area contributed by atoms with Gasteiger partial charge < -0.3 is 20.4 Å². The fraction of sp³-hybridized carbons (Fsp3) is 0.333. The van der Waals surface area contributed by atoms with Crippen molar-refractivity contribution in [2.45, 2.75) is 18.9 Å². The van der Waals surface area contributed by atoms with Crippen molar-refractivity contribution in [3.8, 4) is 0 Å². The molecular weight excluding hydrogens is 234 g/mol. The SMILES string of the molecule is CNC(CCc1ccc2[nH]c(=O)[nH]c2c1)C(=O)O. The second-order valence-corrected chi connectivity index (χ2v) is 4.18. The fourth-order valence-corrected chi connectivity index (χ4v) is 1.94. The maximum absolute atomic E-state index is 11.1. The molecule has 6 heteroatoms. The molecule has 0 radical (unpaired) electrons. The number of aromatic amines is 2. The first-order valence-electron chi connectivity index (χ1n) is 5.71. The van der Waals surface area contributed by atoms with E-state index in [9.17, 15) is 9.59 Å². The molecule has 0 saturated carbocycles. The lowest BCUT2D eigenvalue weighted by molar-refractivity contribution is -0.139. The highest BCUT2D eigenvalue weighted by Crippen LogP contribution is 2.12. The van der Waals surface area contributed by atoms with Crippen LogP contribution in [0.5, 0.6) is 0 Å². The Labute approximate surface area is 103 Å². The first-order valence-corrected chi connectivity index (χ1v) is 5.71. The maximum atomic E-state index is 11.1. The van der Waals surface area contributed by atoms with Gasteiger partial charge in [-0.1, -0.05) is 6.07 Å². The number of benzene rings is 1. The van der Waals surface area contributed by atoms with Gasteiger partial charge in [-0.2, -0.15) is 0 Å². The summed E-state index contributed by atoms with van der Waals surface area (Å²) >= 11 is 0. The number of likely N-dealkylation sites (N-methyl/N-ethyl adjacent to an activating group) is 1. The molecule has 0 fully saturated rings. The fourth-order valence-electron chi connectivity index (χ4n) is 1.94. The molecule has 1 aromatic heterocycles. The summed E-state index contributed by atoms with van der Waals surface area (Å²) < 4.78 is 0. The number of hydrogen-bond donors (Lipinski definition) is 4. The van der Waals surface area contributed by atoms with E-state index in [1.54, 1.807) is 7.05 Å². The number of carbonyl (C=O) groups is 1. The van der Waals surface area contributed by atoms with E-state index in [2.05, 4.69) is 15.3 Å². The predicted molar refractivity (Wildman–Crippen MR) is 67.7 cm³/mol. The first kappa shape index (κ1) is 12.4. The molecule has 0 aliphatic rings. The Balaban J connectivity index is 2.12. The first-order chi connectivity index (χ1) is 8.60. The van der Waals surface area contributed by atoms with Crippen LogP contribution >= 0.6 is 0 Å². The second-order valence-electron chi connectivity index (χ2n) is 4.18. The number of hydrogen-bond acceptors (Lipinski definition) is 3. The summed E-state index contributed by atoms with van der Waals surface area (Å²) in [6.45, 7) is 0. The number of nitrogens with one attached hydrogen (secondary N) is 3. The van der Waals surface area contributed by atoms with E-state index in [-0.39, 0.29) is 5.69 Å². The summed E-state index contributed by atoms with van der Waals surface area (Å²) in [7, 11) is 1.63. The van der Waals surface area contributed by atoms with Crippen LogP contribution in [-0.4, -0.2) is 34.1 Å². The van der Waals surface area contributed by atoms with Gasteiger partial charge in [0.25, 0.3) is 0 Å². The third-order valence-corrected chi connectivity index (χ3v) is 2.95. The molecule has 0 aliphatic carbocycles. The van der Waals surface area contributed by atoms with Gasteiger partial charge >= 0.3 is 11.7 Å². The van der Waals surface area contributed by atoms with Crippen LogP contribution in [0.4, 0.5) is 0 Å². The number of aromatic nitrogens is 2. The van der Waals surface area contributed by atoms with Crippen LogP contribution in [0.15, 0.2) is 23.0 Å². The van der Waals surface area contributed by atoms with Crippen molar-refractivity contribution < 1.29 is 9.90 Å². The normalized spacial score (nSPS) is 12.7. The Bertz CT molecular complexity index is 614. The number of fused-ring (bicyclic) bond motifs is 1. The van der Waals surface area contributed by atoms with Crippen LogP contribution in [0.1, 0.15) is 12.0 Å². The van der Waals surface area contributed by atoms with Gasteiger partial charge in [0.15, 0.2) is 0 Å². The molecule has 4 N–H and O–H groups in total. The van der Waals surface area contributed by atoms with Gasteiger partial charge in [0.05, 0.1) is 11.0 Å². The highest BCUT2D eigenvalue weighted by atomic mass is 16.4. The minimum Gasteiger partial charge on any atom is -0.480 e. The zero-order valence-corrected chi connectivity index (χ0v) is 9.99. The van der Waals surface area contributed by atoms with Gasteiger partial charge in [-0.25, -0.2) is 4.79 Å². The van der Waals surface area contributed by atoms with Crippen molar-refractivity contribution >= 4 is 17.0 Å². The van der Waals surface area contributed by atoms with Gasteiger partial charge in [0.2, 0.25) is 0 Å². The smallest absolute Gasteiger partial charge is 0.323 e. The third-order valence-electron chi connectivity index (χ3n) is 2.95. The zero-order chi connectivity index (χ0) is 13.1. The second kappa shape index (κ2) is 5.05. The minimum absolute atomic E-state index is 0.235. The lowest BCUT2D eigenvalue weighted by atomic mass is 10.0. The van der Waals surface area contributed by atoms with Crippen molar-refractivity contribution in [3.05, 3.63) is 34.2 Å². The number of rotatable bonds is 5. The number of carboxylic acid groups (broad SMARTS) is 1. The molecule has 0 saturated heterocycles. The van der Waals surface area contributed by atoms with Crippen LogP contribution in [0, 0.1) is 0 Å². The Kier molecular flexibility index (Phi) is 3.47. The quantitative estimate of drug-likeness (QED) is 0.618. The van der Waals surface area contributed by atoms with Crippen LogP contribution < -0.4 is 11.0 Å². The molecular formula is C12H15N3O3. The Morgan fingerprint density at radius 2 is 2.11 bits per heavy atom. The van der Waals surface area contributed by atoms with Crippen LogP contribution in [0.2, 0.25) is 0 Å². The summed E-state index contributed by atoms with van der Waals surface area (Å²) in [6, 6.07) is 5.02. The molecule has 1 aromatic carbocycles. The Morgan fingerprint density at radius 1 is 1.39 bits per heavy atom. The Hall–Kier alpha value is -2.08. The highest BCUT2D eigenvalue weighted by molar-refractivity contribution is 5.75. The molecule has 0 bridgehead atoms. The van der Waals surface area contributed by atoms with E-state index >= 15 is 0 Å². The summed E-state index contributed by atoms with van der Waals surface area (Å²) in [4.78, 5) is 27.3. The molecule has 1 atom stereocenters. The molecule has 96 valence electrons. The van der Waals surface area contributed by atoms with Gasteiger partial charge in [-0.05, 0) is 37.6 Å². The van der Waals surface area contributed by atoms with Crippen molar-refractivity contribution in [2.24, 2.45) is 0 Å². The zero-order valence-electron chi connectivity index (χ0n) is 9.99. The molecule has 0 aliphatic heterocycles. The van der Waals surface area contributed by atoms with Crippen LogP contribution in [0.3, 0.4) is 0 Å².